The molecule has 10 nitrogen and oxygen atoms in total. The third-order valence-electron chi connectivity index (χ3n) is 7.70. The summed E-state index contributed by atoms with van der Waals surface area (Å²) in [7, 11) is -4.29. The molecule has 2 saturated heterocycles. The second-order valence-electron chi connectivity index (χ2n) is 10.2. The summed E-state index contributed by atoms with van der Waals surface area (Å²) >= 11 is 6.05. The van der Waals surface area contributed by atoms with Gasteiger partial charge in [-0.25, -0.2) is 8.42 Å². The number of hydrogen-bond donors (Lipinski definition) is 1. The number of carbonyl (C=O) groups excluding carboxylic acids is 3. The van der Waals surface area contributed by atoms with Crippen LogP contribution in [-0.4, -0.2) is 76.9 Å². The third kappa shape index (κ3) is 5.28. The Hall–Kier alpha value is -3.54. The number of fused-ring (bicyclic) bond motifs is 1. The number of rotatable bonds is 8. The van der Waals surface area contributed by atoms with E-state index in [-0.39, 0.29) is 29.8 Å². The van der Waals surface area contributed by atoms with Crippen LogP contribution in [0.1, 0.15) is 37.8 Å². The minimum absolute atomic E-state index is 0.0730. The molecule has 2 fully saturated rings. The van der Waals surface area contributed by atoms with E-state index in [1.807, 2.05) is 12.1 Å². The van der Waals surface area contributed by atoms with Crippen LogP contribution in [0.3, 0.4) is 0 Å². The van der Waals surface area contributed by atoms with E-state index in [4.69, 9.17) is 17.3 Å². The van der Waals surface area contributed by atoms with E-state index in [0.29, 0.717) is 17.0 Å². The molecule has 2 N–H and O–H groups in total. The average molecular weight is 584 g/mol. The van der Waals surface area contributed by atoms with Crippen molar-refractivity contribution in [1.29, 1.82) is 0 Å². The van der Waals surface area contributed by atoms with Crippen LogP contribution in [-0.2, 0) is 24.4 Å². The highest BCUT2D eigenvalue weighted by molar-refractivity contribution is 7.89. The fourth-order valence-electron chi connectivity index (χ4n) is 5.68. The van der Waals surface area contributed by atoms with Crippen molar-refractivity contribution < 1.29 is 22.8 Å². The van der Waals surface area contributed by atoms with Gasteiger partial charge in [-0.05, 0) is 78.9 Å². The number of nitrogens with two attached hydrogens (primary N) is 1. The average Bonchev–Trinajstić information content (AvgIpc) is 3.58. The Bertz CT molecular complexity index is 1570. The minimum Gasteiger partial charge on any atom is -0.369 e. The van der Waals surface area contributed by atoms with Gasteiger partial charge in [0.25, 0.3) is 0 Å². The summed E-state index contributed by atoms with van der Waals surface area (Å²) in [5.74, 6) is -1.62. The topological polar surface area (TPSA) is 134 Å². The SMILES string of the molecule is C[C@@H](C(=O)N1CCCC1c1ccncc1)N1CC[C@H](N(CC(N)=O)S(=O)(=O)c2ccc3cc(Cl)ccc3c2)C1=O. The molecule has 3 atom stereocenters. The van der Waals surface area contributed by atoms with Gasteiger partial charge >= 0.3 is 0 Å². The number of carbonyl (C=O) groups is 3. The van der Waals surface area contributed by atoms with Gasteiger partial charge in [0.2, 0.25) is 27.7 Å². The van der Waals surface area contributed by atoms with Gasteiger partial charge in [-0.1, -0.05) is 23.7 Å². The lowest BCUT2D eigenvalue weighted by molar-refractivity contribution is -0.144. The first kappa shape index (κ1) is 28.0. The molecule has 0 saturated carbocycles. The van der Waals surface area contributed by atoms with Gasteiger partial charge in [-0.15, -0.1) is 0 Å². The van der Waals surface area contributed by atoms with Crippen LogP contribution in [0.4, 0.5) is 0 Å². The van der Waals surface area contributed by atoms with E-state index in [0.717, 1.165) is 28.1 Å². The first-order valence-corrected chi connectivity index (χ1v) is 14.9. The molecule has 3 aromatic rings. The highest BCUT2D eigenvalue weighted by Gasteiger charge is 2.46. The molecule has 40 heavy (non-hydrogen) atoms. The predicted octanol–water partition coefficient (Wildman–Crippen LogP) is 2.72. The number of hydrogen-bond acceptors (Lipinski definition) is 6. The quantitative estimate of drug-likeness (QED) is 0.433. The van der Waals surface area contributed by atoms with E-state index in [1.54, 1.807) is 48.5 Å². The van der Waals surface area contributed by atoms with Crippen LogP contribution in [0.25, 0.3) is 10.8 Å². The molecule has 2 aliphatic heterocycles. The van der Waals surface area contributed by atoms with Crippen molar-refractivity contribution in [2.24, 2.45) is 5.73 Å². The van der Waals surface area contributed by atoms with Crippen LogP contribution in [0, 0.1) is 0 Å². The predicted molar refractivity (Wildman–Crippen MR) is 150 cm³/mol. The standard InChI is InChI=1S/C28H30ClN5O5S/c1-18(27(36)33-13-2-3-24(33)19-8-11-31-12-9-19)32-14-10-25(28(32)37)34(17-26(30)35)40(38,39)23-7-5-20-15-22(29)6-4-21(20)16-23/h4-9,11-12,15-16,18,24-25H,2-3,10,13-14,17H2,1H3,(H2,30,35)/t18-,24?,25-/m0/s1. The molecule has 2 aromatic carbocycles. The smallest absolute Gasteiger partial charge is 0.245 e. The van der Waals surface area contributed by atoms with Crippen LogP contribution in [0.15, 0.2) is 65.8 Å². The Morgan fingerprint density at radius 3 is 2.50 bits per heavy atom. The molecule has 2 aliphatic rings. The number of pyridine rings is 1. The molecule has 0 spiro atoms. The number of likely N-dealkylation sites (tertiary alicyclic amines) is 2. The highest BCUT2D eigenvalue weighted by atomic mass is 35.5. The zero-order valence-corrected chi connectivity index (χ0v) is 23.5. The van der Waals surface area contributed by atoms with E-state index in [2.05, 4.69) is 4.98 Å². The van der Waals surface area contributed by atoms with Gasteiger partial charge in [0.05, 0.1) is 17.5 Å². The number of nitrogens with zero attached hydrogens (tertiary/aromatic N) is 4. The largest absolute Gasteiger partial charge is 0.369 e. The van der Waals surface area contributed by atoms with Gasteiger partial charge in [-0.2, -0.15) is 4.31 Å². The summed E-state index contributed by atoms with van der Waals surface area (Å²) in [6, 6.07) is 11.3. The number of halogens is 1. The molecule has 0 radical (unpaired) electrons. The first-order valence-electron chi connectivity index (χ1n) is 13.1. The monoisotopic (exact) mass is 583 g/mol. The zero-order chi connectivity index (χ0) is 28.6. The normalized spacial score (nSPS) is 20.4. The second-order valence-corrected chi connectivity index (χ2v) is 12.5. The first-order chi connectivity index (χ1) is 19.1. The third-order valence-corrected chi connectivity index (χ3v) is 9.79. The second kappa shape index (κ2) is 11.1. The number of sulfonamides is 1. The van der Waals surface area contributed by atoms with Crippen molar-refractivity contribution in [3.63, 3.8) is 0 Å². The molecule has 0 bridgehead atoms. The molecule has 5 rings (SSSR count). The van der Waals surface area contributed by atoms with E-state index < -0.39 is 40.5 Å². The van der Waals surface area contributed by atoms with Crippen molar-refractivity contribution in [3.05, 3.63) is 71.5 Å². The molecule has 0 aliphatic carbocycles. The number of amides is 3. The molecule has 210 valence electrons. The maximum atomic E-state index is 13.8. The Morgan fingerprint density at radius 2 is 1.77 bits per heavy atom. The van der Waals surface area contributed by atoms with Crippen molar-refractivity contribution in [3.8, 4) is 0 Å². The fraction of sp³-hybridized carbons (Fsp3) is 0.357. The molecule has 12 heteroatoms. The van der Waals surface area contributed by atoms with Crippen molar-refractivity contribution in [2.75, 3.05) is 19.6 Å². The van der Waals surface area contributed by atoms with E-state index in [9.17, 15) is 22.8 Å². The lowest BCUT2D eigenvalue weighted by atomic mass is 10.1. The Labute approximate surface area is 237 Å². The fourth-order valence-corrected chi connectivity index (χ4v) is 7.48. The van der Waals surface area contributed by atoms with Gasteiger partial charge < -0.3 is 15.5 Å². The number of primary amides is 1. The van der Waals surface area contributed by atoms with E-state index in [1.165, 1.54) is 17.0 Å². The van der Waals surface area contributed by atoms with Crippen LogP contribution < -0.4 is 5.73 Å². The maximum absolute atomic E-state index is 13.8. The molecule has 3 heterocycles. The molecule has 1 unspecified atom stereocenters. The van der Waals surface area contributed by atoms with Gasteiger partial charge in [0, 0.05) is 30.5 Å². The van der Waals surface area contributed by atoms with Crippen LogP contribution in [0.5, 0.6) is 0 Å². The van der Waals surface area contributed by atoms with Crippen LogP contribution >= 0.6 is 11.6 Å². The Morgan fingerprint density at radius 1 is 1.07 bits per heavy atom. The van der Waals surface area contributed by atoms with Gasteiger partial charge in [0.1, 0.15) is 12.1 Å². The summed E-state index contributed by atoms with van der Waals surface area (Å²) in [5, 5.41) is 1.90. The minimum atomic E-state index is -4.29. The number of aromatic nitrogens is 1. The van der Waals surface area contributed by atoms with Gasteiger partial charge in [0.15, 0.2) is 0 Å². The molecular weight excluding hydrogens is 554 g/mol. The highest BCUT2D eigenvalue weighted by Crippen LogP contribution is 2.34. The van der Waals surface area contributed by atoms with Crippen molar-refractivity contribution in [1.82, 2.24) is 19.1 Å². The zero-order valence-electron chi connectivity index (χ0n) is 21.9. The molecule has 3 amide bonds. The summed E-state index contributed by atoms with van der Waals surface area (Å²) < 4.78 is 28.4. The van der Waals surface area contributed by atoms with Crippen LogP contribution in [0.2, 0.25) is 5.02 Å². The Kier molecular flexibility index (Phi) is 7.80. The molecule has 1 aromatic heterocycles. The lowest BCUT2D eigenvalue weighted by Crippen LogP contribution is -2.52. The molecular formula is C28H30ClN5O5S. The Balaban J connectivity index is 1.39. The summed E-state index contributed by atoms with van der Waals surface area (Å²) in [5.41, 5.74) is 6.42. The van der Waals surface area contributed by atoms with Crippen molar-refractivity contribution in [2.45, 2.75) is 49.2 Å². The summed E-state index contributed by atoms with van der Waals surface area (Å²) in [6.45, 7) is 1.73. The number of benzene rings is 2. The van der Waals surface area contributed by atoms with Crippen molar-refractivity contribution >= 4 is 50.1 Å². The lowest BCUT2D eigenvalue weighted by Gasteiger charge is -2.32. The summed E-state index contributed by atoms with van der Waals surface area (Å²) in [6.07, 6.45) is 5.14. The maximum Gasteiger partial charge on any atom is 0.245 e. The summed E-state index contributed by atoms with van der Waals surface area (Å²) in [4.78, 5) is 46.4. The van der Waals surface area contributed by atoms with E-state index >= 15 is 0 Å². The van der Waals surface area contributed by atoms with Gasteiger partial charge in [-0.3, -0.25) is 19.4 Å².